The Kier molecular flexibility index (Phi) is 5.47. The summed E-state index contributed by atoms with van der Waals surface area (Å²) in [6.45, 7) is 5.66. The maximum Gasteiger partial charge on any atom is 0.257 e. The fourth-order valence-corrected chi connectivity index (χ4v) is 2.98. The van der Waals surface area contributed by atoms with E-state index >= 15 is 0 Å². The summed E-state index contributed by atoms with van der Waals surface area (Å²) in [4.78, 5) is 25.0. The molecule has 6 nitrogen and oxygen atoms in total. The summed E-state index contributed by atoms with van der Waals surface area (Å²) in [5, 5.41) is 0. The van der Waals surface area contributed by atoms with Gasteiger partial charge in [0.15, 0.2) is 0 Å². The zero-order valence-corrected chi connectivity index (χ0v) is 14.1. The molecule has 1 aromatic heterocycles. The first-order valence-electron chi connectivity index (χ1n) is 7.72. The van der Waals surface area contributed by atoms with E-state index in [0.29, 0.717) is 18.2 Å². The largest absolute Gasteiger partial charge is 0.380 e. The molecular formula is C16H26N4O2. The lowest BCUT2D eigenvalue weighted by molar-refractivity contribution is 0.0757. The quantitative estimate of drug-likeness (QED) is 0.823. The van der Waals surface area contributed by atoms with Gasteiger partial charge in [-0.3, -0.25) is 9.69 Å². The van der Waals surface area contributed by atoms with Crippen LogP contribution in [-0.4, -0.2) is 72.1 Å². The molecule has 1 aromatic rings. The number of ether oxygens (including phenoxy) is 1. The smallest absolute Gasteiger partial charge is 0.257 e. The molecule has 0 unspecified atom stereocenters. The number of hydrogen-bond donors (Lipinski definition) is 0. The standard InChI is InChI=1S/C16H26N4O2/c1-11(2)15-14(7-17-10-18-15)16(21)20(4)8-12-6-13(22-5)9-19(12)3/h7,10-13H,6,8-9H2,1-5H3/t12-,13-/m0/s1. The van der Waals surface area contributed by atoms with Crippen LogP contribution in [0, 0.1) is 0 Å². The van der Waals surface area contributed by atoms with Gasteiger partial charge < -0.3 is 9.64 Å². The van der Waals surface area contributed by atoms with E-state index in [-0.39, 0.29) is 17.9 Å². The lowest BCUT2D eigenvalue weighted by Gasteiger charge is -2.26. The Morgan fingerprint density at radius 1 is 1.55 bits per heavy atom. The number of amides is 1. The Labute approximate surface area is 132 Å². The third-order valence-corrected chi connectivity index (χ3v) is 4.33. The highest BCUT2D eigenvalue weighted by atomic mass is 16.5. The maximum atomic E-state index is 12.7. The molecule has 0 spiro atoms. The van der Waals surface area contributed by atoms with Crippen molar-refractivity contribution >= 4 is 5.91 Å². The molecule has 122 valence electrons. The van der Waals surface area contributed by atoms with Crippen LogP contribution in [0.25, 0.3) is 0 Å². The average molecular weight is 306 g/mol. The van der Waals surface area contributed by atoms with Gasteiger partial charge >= 0.3 is 0 Å². The SMILES string of the molecule is CO[C@H]1C[C@@H](CN(C)C(=O)c2cncnc2C(C)C)N(C)C1. The Morgan fingerprint density at radius 3 is 2.86 bits per heavy atom. The van der Waals surface area contributed by atoms with Crippen LogP contribution in [0.15, 0.2) is 12.5 Å². The van der Waals surface area contributed by atoms with Crippen LogP contribution in [0.3, 0.4) is 0 Å². The van der Waals surface area contributed by atoms with Gasteiger partial charge in [0.05, 0.1) is 17.4 Å². The molecule has 1 aliphatic heterocycles. The van der Waals surface area contributed by atoms with Crippen LogP contribution in [-0.2, 0) is 4.74 Å². The van der Waals surface area contributed by atoms with Gasteiger partial charge in [0.1, 0.15) is 6.33 Å². The molecule has 0 radical (unpaired) electrons. The molecule has 1 saturated heterocycles. The van der Waals surface area contributed by atoms with E-state index in [2.05, 4.69) is 21.9 Å². The third-order valence-electron chi connectivity index (χ3n) is 4.33. The van der Waals surface area contributed by atoms with Gasteiger partial charge in [-0.1, -0.05) is 13.8 Å². The van der Waals surface area contributed by atoms with Crippen molar-refractivity contribution in [2.75, 3.05) is 34.3 Å². The van der Waals surface area contributed by atoms with E-state index in [0.717, 1.165) is 18.7 Å². The Bertz CT molecular complexity index is 521. The second-order valence-corrected chi connectivity index (χ2v) is 6.35. The van der Waals surface area contributed by atoms with Gasteiger partial charge in [-0.15, -0.1) is 0 Å². The molecule has 0 aromatic carbocycles. The van der Waals surface area contributed by atoms with Crippen LogP contribution in [0.4, 0.5) is 0 Å². The second-order valence-electron chi connectivity index (χ2n) is 6.35. The van der Waals surface area contributed by atoms with Gasteiger partial charge in [0.2, 0.25) is 0 Å². The number of hydrogen-bond acceptors (Lipinski definition) is 5. The predicted octanol–water partition coefficient (Wildman–Crippen LogP) is 1.39. The zero-order valence-electron chi connectivity index (χ0n) is 14.1. The molecule has 6 heteroatoms. The summed E-state index contributed by atoms with van der Waals surface area (Å²) in [7, 11) is 5.66. The average Bonchev–Trinajstić information content (AvgIpc) is 2.86. The summed E-state index contributed by atoms with van der Waals surface area (Å²) in [6.07, 6.45) is 4.33. The predicted molar refractivity (Wildman–Crippen MR) is 84.9 cm³/mol. The number of methoxy groups -OCH3 is 1. The molecule has 2 rings (SSSR count). The summed E-state index contributed by atoms with van der Waals surface area (Å²) in [5.74, 6) is 0.181. The molecule has 1 amide bonds. The highest BCUT2D eigenvalue weighted by Crippen LogP contribution is 2.21. The minimum Gasteiger partial charge on any atom is -0.380 e. The lowest BCUT2D eigenvalue weighted by Crippen LogP contribution is -2.40. The van der Waals surface area contributed by atoms with Crippen molar-refractivity contribution in [3.63, 3.8) is 0 Å². The van der Waals surface area contributed by atoms with Crippen molar-refractivity contribution < 1.29 is 9.53 Å². The number of carbonyl (C=O) groups is 1. The van der Waals surface area contributed by atoms with E-state index in [1.807, 2.05) is 20.9 Å². The molecule has 0 N–H and O–H groups in total. The first-order valence-corrected chi connectivity index (χ1v) is 7.72. The van der Waals surface area contributed by atoms with E-state index < -0.39 is 0 Å². The van der Waals surface area contributed by atoms with Crippen molar-refractivity contribution in [3.8, 4) is 0 Å². The Hall–Kier alpha value is -1.53. The lowest BCUT2D eigenvalue weighted by atomic mass is 10.0. The first kappa shape index (κ1) is 16.8. The fourth-order valence-electron chi connectivity index (χ4n) is 2.98. The Balaban J connectivity index is 2.07. The van der Waals surface area contributed by atoms with E-state index in [1.165, 1.54) is 6.33 Å². The van der Waals surface area contributed by atoms with E-state index in [4.69, 9.17) is 4.74 Å². The minimum absolute atomic E-state index is 0.0152. The number of likely N-dealkylation sites (N-methyl/N-ethyl adjacent to an activating group) is 2. The fraction of sp³-hybridized carbons (Fsp3) is 0.688. The first-order chi connectivity index (χ1) is 10.4. The van der Waals surface area contributed by atoms with E-state index in [1.54, 1.807) is 18.2 Å². The zero-order chi connectivity index (χ0) is 16.3. The van der Waals surface area contributed by atoms with Gasteiger partial charge in [0.25, 0.3) is 5.91 Å². The van der Waals surface area contributed by atoms with Crippen molar-refractivity contribution in [2.45, 2.75) is 38.3 Å². The molecular weight excluding hydrogens is 280 g/mol. The van der Waals surface area contributed by atoms with E-state index in [9.17, 15) is 4.79 Å². The molecule has 0 saturated carbocycles. The minimum atomic E-state index is -0.0152. The van der Waals surface area contributed by atoms with Crippen LogP contribution in [0.1, 0.15) is 42.2 Å². The van der Waals surface area contributed by atoms with Crippen molar-refractivity contribution in [1.82, 2.24) is 19.8 Å². The number of likely N-dealkylation sites (tertiary alicyclic amines) is 1. The molecule has 2 atom stereocenters. The number of aromatic nitrogens is 2. The number of nitrogens with zero attached hydrogens (tertiary/aromatic N) is 4. The van der Waals surface area contributed by atoms with Crippen LogP contribution >= 0.6 is 0 Å². The molecule has 1 aliphatic rings. The van der Waals surface area contributed by atoms with Crippen molar-refractivity contribution in [1.29, 1.82) is 0 Å². The van der Waals surface area contributed by atoms with Crippen molar-refractivity contribution in [3.05, 3.63) is 23.8 Å². The summed E-state index contributed by atoms with van der Waals surface area (Å²) < 4.78 is 5.42. The second kappa shape index (κ2) is 7.15. The number of rotatable bonds is 5. The van der Waals surface area contributed by atoms with Gasteiger partial charge in [-0.05, 0) is 19.4 Å². The molecule has 1 fully saturated rings. The summed E-state index contributed by atoms with van der Waals surface area (Å²) >= 11 is 0. The topological polar surface area (TPSA) is 58.6 Å². The van der Waals surface area contributed by atoms with Gasteiger partial charge in [-0.2, -0.15) is 0 Å². The summed E-state index contributed by atoms with van der Waals surface area (Å²) in [6, 6.07) is 0.325. The molecule has 0 bridgehead atoms. The monoisotopic (exact) mass is 306 g/mol. The Morgan fingerprint density at radius 2 is 2.27 bits per heavy atom. The van der Waals surface area contributed by atoms with Gasteiger partial charge in [-0.25, -0.2) is 9.97 Å². The highest BCUT2D eigenvalue weighted by Gasteiger charge is 2.31. The van der Waals surface area contributed by atoms with Crippen LogP contribution < -0.4 is 0 Å². The third kappa shape index (κ3) is 3.62. The number of carbonyl (C=O) groups excluding carboxylic acids is 1. The van der Waals surface area contributed by atoms with Crippen molar-refractivity contribution in [2.24, 2.45) is 0 Å². The van der Waals surface area contributed by atoms with Crippen LogP contribution in [0.5, 0.6) is 0 Å². The summed E-state index contributed by atoms with van der Waals surface area (Å²) in [5.41, 5.74) is 1.41. The molecule has 2 heterocycles. The maximum absolute atomic E-state index is 12.7. The van der Waals surface area contributed by atoms with Crippen LogP contribution in [0.2, 0.25) is 0 Å². The van der Waals surface area contributed by atoms with Gasteiger partial charge in [0, 0.05) is 39.5 Å². The molecule has 22 heavy (non-hydrogen) atoms. The molecule has 0 aliphatic carbocycles. The normalized spacial score (nSPS) is 22.3. The highest BCUT2D eigenvalue weighted by molar-refractivity contribution is 5.95.